The number of carbonyl (C=O) groups is 1. The van der Waals surface area contributed by atoms with Crippen LogP contribution in [0.2, 0.25) is 0 Å². The molecule has 5 nitrogen and oxygen atoms in total. The average Bonchev–Trinajstić information content (AvgIpc) is 3.17. The molecule has 2 saturated carbocycles. The van der Waals surface area contributed by atoms with E-state index in [2.05, 4.69) is 33.8 Å². The first kappa shape index (κ1) is 20.7. The van der Waals surface area contributed by atoms with Crippen LogP contribution in [0.3, 0.4) is 0 Å². The Morgan fingerprint density at radius 1 is 1.23 bits per heavy atom. The second-order valence-corrected chi connectivity index (χ2v) is 11.7. The van der Waals surface area contributed by atoms with Crippen LogP contribution in [0.1, 0.15) is 73.1 Å². The van der Waals surface area contributed by atoms with Crippen molar-refractivity contribution in [3.05, 3.63) is 23.3 Å². The molecule has 0 aromatic rings. The fourth-order valence-electron chi connectivity index (χ4n) is 7.97. The van der Waals surface area contributed by atoms with Crippen molar-refractivity contribution >= 4 is 5.97 Å². The van der Waals surface area contributed by atoms with Crippen molar-refractivity contribution in [1.29, 1.82) is 0 Å². The van der Waals surface area contributed by atoms with E-state index in [1.165, 1.54) is 5.57 Å². The molecule has 0 bridgehead atoms. The van der Waals surface area contributed by atoms with E-state index >= 15 is 0 Å². The third-order valence-corrected chi connectivity index (χ3v) is 9.23. The highest BCUT2D eigenvalue weighted by Crippen LogP contribution is 2.66. The zero-order valence-electron chi connectivity index (χ0n) is 18.9. The van der Waals surface area contributed by atoms with Crippen molar-refractivity contribution in [2.75, 3.05) is 0 Å². The lowest BCUT2D eigenvalue weighted by molar-refractivity contribution is -0.199. The van der Waals surface area contributed by atoms with E-state index < -0.39 is 23.3 Å². The molecule has 0 radical (unpaired) electrons. The van der Waals surface area contributed by atoms with Crippen molar-refractivity contribution in [1.82, 2.24) is 0 Å². The molecule has 1 spiro atoms. The first-order valence-electron chi connectivity index (χ1n) is 11.6. The summed E-state index contributed by atoms with van der Waals surface area (Å²) in [5.74, 6) is -1.90. The smallest absolute Gasteiger partial charge is 0.336 e. The zero-order valence-corrected chi connectivity index (χ0v) is 18.9. The maximum Gasteiger partial charge on any atom is 0.336 e. The van der Waals surface area contributed by atoms with Crippen LogP contribution >= 0.6 is 0 Å². The molecule has 0 aromatic carbocycles. The van der Waals surface area contributed by atoms with Crippen LogP contribution in [-0.4, -0.2) is 39.3 Å². The minimum Gasteiger partial charge on any atom is -0.429 e. The Balaban J connectivity index is 1.56. The Hall–Kier alpha value is -1.17. The number of allylic oxidation sites excluding steroid dienone is 2. The van der Waals surface area contributed by atoms with E-state index in [1.807, 2.05) is 6.08 Å². The number of carbonyl (C=O) groups excluding carboxylic acids is 1. The Labute approximate surface area is 179 Å². The maximum atomic E-state index is 12.6. The minimum absolute atomic E-state index is 0.0122. The summed E-state index contributed by atoms with van der Waals surface area (Å²) < 4.78 is 12.3. The van der Waals surface area contributed by atoms with Crippen molar-refractivity contribution in [3.8, 4) is 0 Å². The number of hydrogen-bond donors (Lipinski definition) is 2. The molecular weight excluding hydrogens is 380 g/mol. The van der Waals surface area contributed by atoms with Gasteiger partial charge in [0, 0.05) is 17.9 Å². The van der Waals surface area contributed by atoms with Gasteiger partial charge in [-0.3, -0.25) is 0 Å². The van der Waals surface area contributed by atoms with E-state index in [9.17, 15) is 15.0 Å². The molecule has 0 amide bonds. The molecule has 2 saturated heterocycles. The van der Waals surface area contributed by atoms with Crippen molar-refractivity contribution in [3.63, 3.8) is 0 Å². The Morgan fingerprint density at radius 2 is 1.97 bits per heavy atom. The number of ether oxygens (including phenoxy) is 2. The highest BCUT2D eigenvalue weighted by atomic mass is 16.7. The fourth-order valence-corrected chi connectivity index (χ4v) is 7.97. The molecule has 0 aromatic heterocycles. The summed E-state index contributed by atoms with van der Waals surface area (Å²) in [5.41, 5.74) is 0.575. The molecule has 0 unspecified atom stereocenters. The molecule has 5 heteroatoms. The van der Waals surface area contributed by atoms with E-state index in [1.54, 1.807) is 6.92 Å². The second-order valence-electron chi connectivity index (χ2n) is 11.7. The first-order valence-corrected chi connectivity index (χ1v) is 11.6. The van der Waals surface area contributed by atoms with Gasteiger partial charge in [-0.25, -0.2) is 4.79 Å². The molecule has 4 fully saturated rings. The SMILES string of the molecule is CC(C)=C[C@H]1C[C@H](C)[C@]2(CC[C@]3(C)C[C@H]4[C@@H]5/C(=C\C[C@H]32)C(=O)O[C@]5(O)C[C@@]4(C)O)O1. The van der Waals surface area contributed by atoms with E-state index in [-0.39, 0.29) is 35.4 Å². The molecular formula is C25H36O5. The predicted octanol–water partition coefficient (Wildman–Crippen LogP) is 3.89. The van der Waals surface area contributed by atoms with E-state index in [4.69, 9.17) is 9.47 Å². The topological polar surface area (TPSA) is 76.0 Å². The summed E-state index contributed by atoms with van der Waals surface area (Å²) in [6, 6.07) is 0. The van der Waals surface area contributed by atoms with Gasteiger partial charge in [0.1, 0.15) is 0 Å². The number of aliphatic hydroxyl groups is 2. The molecule has 2 N–H and O–H groups in total. The lowest BCUT2D eigenvalue weighted by atomic mass is 9.62. The molecule has 3 aliphatic carbocycles. The third-order valence-electron chi connectivity index (χ3n) is 9.23. The van der Waals surface area contributed by atoms with Crippen LogP contribution in [0.15, 0.2) is 23.3 Å². The van der Waals surface area contributed by atoms with E-state index in [0.717, 1.165) is 32.1 Å². The van der Waals surface area contributed by atoms with Gasteiger partial charge >= 0.3 is 5.97 Å². The van der Waals surface area contributed by atoms with Crippen LogP contribution in [-0.2, 0) is 14.3 Å². The second kappa shape index (κ2) is 6.20. The molecule has 30 heavy (non-hydrogen) atoms. The summed E-state index contributed by atoms with van der Waals surface area (Å²) in [4.78, 5) is 12.6. The first-order chi connectivity index (χ1) is 13.9. The molecule has 2 heterocycles. The van der Waals surface area contributed by atoms with Gasteiger partial charge in [0.05, 0.1) is 23.2 Å². The van der Waals surface area contributed by atoms with Crippen molar-refractivity contribution < 1.29 is 24.5 Å². The third kappa shape index (κ3) is 2.67. The Bertz CT molecular complexity index is 838. The zero-order chi connectivity index (χ0) is 21.7. The number of fused-ring (bicyclic) bond motifs is 2. The maximum absolute atomic E-state index is 12.6. The summed E-state index contributed by atoms with van der Waals surface area (Å²) in [6.07, 6.45) is 9.10. The summed E-state index contributed by atoms with van der Waals surface area (Å²) in [6.45, 7) is 10.7. The minimum atomic E-state index is -1.57. The molecule has 9 atom stereocenters. The summed E-state index contributed by atoms with van der Waals surface area (Å²) >= 11 is 0. The monoisotopic (exact) mass is 416 g/mol. The van der Waals surface area contributed by atoms with Gasteiger partial charge in [-0.15, -0.1) is 0 Å². The van der Waals surface area contributed by atoms with Crippen LogP contribution in [0, 0.1) is 29.1 Å². The average molecular weight is 417 g/mol. The number of hydrogen-bond acceptors (Lipinski definition) is 5. The van der Waals surface area contributed by atoms with Crippen molar-refractivity contribution in [2.45, 2.75) is 96.2 Å². The van der Waals surface area contributed by atoms with Crippen LogP contribution < -0.4 is 0 Å². The standard InChI is InChI=1S/C25H36O5/c1-14(2)10-16-11-15(3)24(29-16)9-8-22(4)12-18-20-17(6-7-19(22)24)21(26)30-25(20,28)13-23(18,5)27/h6,10,15-16,18-20,27-28H,7-9,11-13H2,1-5H3/b17-6+/t15-,16-,18-,19+,20-,22+,23+,24-,25+/m0/s1. The number of esters is 1. The largest absolute Gasteiger partial charge is 0.429 e. The van der Waals surface area contributed by atoms with Crippen LogP contribution in [0.25, 0.3) is 0 Å². The fraction of sp³-hybridized carbons (Fsp3) is 0.800. The Kier molecular flexibility index (Phi) is 4.28. The van der Waals surface area contributed by atoms with Crippen molar-refractivity contribution in [2.24, 2.45) is 29.1 Å². The lowest BCUT2D eigenvalue weighted by Gasteiger charge is -2.45. The highest BCUT2D eigenvalue weighted by molar-refractivity contribution is 5.92. The van der Waals surface area contributed by atoms with Gasteiger partial charge in [0.2, 0.25) is 5.79 Å². The number of rotatable bonds is 1. The van der Waals surface area contributed by atoms with Gasteiger partial charge in [0.15, 0.2) is 0 Å². The molecule has 2 aliphatic heterocycles. The summed E-state index contributed by atoms with van der Waals surface area (Å²) in [7, 11) is 0. The van der Waals surface area contributed by atoms with Gasteiger partial charge < -0.3 is 19.7 Å². The Morgan fingerprint density at radius 3 is 2.67 bits per heavy atom. The van der Waals surface area contributed by atoms with E-state index in [0.29, 0.717) is 11.5 Å². The van der Waals surface area contributed by atoms with Gasteiger partial charge in [0.25, 0.3) is 0 Å². The van der Waals surface area contributed by atoms with Crippen LogP contribution in [0.4, 0.5) is 0 Å². The lowest BCUT2D eigenvalue weighted by Crippen LogP contribution is -2.46. The predicted molar refractivity (Wildman–Crippen MR) is 112 cm³/mol. The molecule has 166 valence electrons. The normalized spacial score (nSPS) is 56.0. The summed E-state index contributed by atoms with van der Waals surface area (Å²) in [5, 5.41) is 22.3. The molecule has 5 rings (SSSR count). The quantitative estimate of drug-likeness (QED) is 0.501. The highest BCUT2D eigenvalue weighted by Gasteiger charge is 2.70. The van der Waals surface area contributed by atoms with Crippen LogP contribution in [0.5, 0.6) is 0 Å². The van der Waals surface area contributed by atoms with Gasteiger partial charge in [-0.1, -0.05) is 31.6 Å². The molecule has 5 aliphatic rings. The van der Waals surface area contributed by atoms with Gasteiger partial charge in [-0.05, 0) is 70.1 Å². The van der Waals surface area contributed by atoms with Gasteiger partial charge in [-0.2, -0.15) is 0 Å².